The lowest BCUT2D eigenvalue weighted by Crippen LogP contribution is -2.75. The highest BCUT2D eigenvalue weighted by Gasteiger charge is 2.80. The number of hydrogen-bond acceptors (Lipinski definition) is 1. The Bertz CT molecular complexity index is 368. The smallest absolute Gasteiger partial charge is 0.0224 e. The second kappa shape index (κ2) is 3.51. The van der Waals surface area contributed by atoms with Crippen LogP contribution in [0.1, 0.15) is 66.7 Å². The molecule has 3 rings (SSSR count). The summed E-state index contributed by atoms with van der Waals surface area (Å²) in [5.74, 6) is 1.91. The van der Waals surface area contributed by atoms with Crippen LogP contribution in [0.3, 0.4) is 0 Å². The van der Waals surface area contributed by atoms with Gasteiger partial charge in [0.1, 0.15) is 0 Å². The van der Waals surface area contributed by atoms with Crippen molar-refractivity contribution in [2.24, 2.45) is 28.1 Å². The maximum atomic E-state index is 2.66. The molecular weight excluding hydrogens is 236 g/mol. The van der Waals surface area contributed by atoms with E-state index < -0.39 is 0 Å². The predicted molar refractivity (Wildman–Crippen MR) is 82.0 cm³/mol. The van der Waals surface area contributed by atoms with Crippen molar-refractivity contribution in [1.82, 2.24) is 0 Å². The fraction of sp³-hybridized carbons (Fsp3) is 1.00. The molecule has 18 heavy (non-hydrogen) atoms. The van der Waals surface area contributed by atoms with E-state index >= 15 is 0 Å². The maximum absolute atomic E-state index is 2.66. The van der Waals surface area contributed by atoms with Gasteiger partial charge >= 0.3 is 0 Å². The molecular formula is C17H30S. The molecule has 0 saturated heterocycles. The summed E-state index contributed by atoms with van der Waals surface area (Å²) >= 11 is 2.18. The highest BCUT2D eigenvalue weighted by Crippen LogP contribution is 2.85. The topological polar surface area (TPSA) is 0 Å². The van der Waals surface area contributed by atoms with Gasteiger partial charge in [0.2, 0.25) is 0 Å². The number of hydrogen-bond donors (Lipinski definition) is 0. The third-order valence-corrected chi connectivity index (χ3v) is 9.04. The molecule has 0 heterocycles. The van der Waals surface area contributed by atoms with E-state index in [9.17, 15) is 0 Å². The van der Waals surface area contributed by atoms with Crippen molar-refractivity contribution in [2.45, 2.75) is 71.5 Å². The van der Waals surface area contributed by atoms with Crippen molar-refractivity contribution in [3.05, 3.63) is 0 Å². The fourth-order valence-corrected chi connectivity index (χ4v) is 8.44. The van der Waals surface area contributed by atoms with E-state index in [0.717, 1.165) is 11.8 Å². The molecule has 0 nitrogen and oxygen atoms in total. The van der Waals surface area contributed by atoms with Gasteiger partial charge in [-0.05, 0) is 66.9 Å². The second-order valence-electron chi connectivity index (χ2n) is 8.58. The Hall–Kier alpha value is 0.350. The molecule has 3 aliphatic carbocycles. The second-order valence-corrected chi connectivity index (χ2v) is 9.83. The van der Waals surface area contributed by atoms with E-state index in [4.69, 9.17) is 0 Å². The molecule has 0 amide bonds. The van der Waals surface area contributed by atoms with Gasteiger partial charge in [0.15, 0.2) is 0 Å². The van der Waals surface area contributed by atoms with Crippen LogP contribution in [-0.4, -0.2) is 11.0 Å². The summed E-state index contributed by atoms with van der Waals surface area (Å²) in [7, 11) is 0. The van der Waals surface area contributed by atoms with Gasteiger partial charge in [0.25, 0.3) is 0 Å². The van der Waals surface area contributed by atoms with Gasteiger partial charge in [-0.2, -0.15) is 11.8 Å². The Morgan fingerprint density at radius 3 is 2.28 bits per heavy atom. The van der Waals surface area contributed by atoms with Crippen LogP contribution in [0.2, 0.25) is 0 Å². The lowest BCUT2D eigenvalue weighted by atomic mass is 9.32. The van der Waals surface area contributed by atoms with E-state index in [2.05, 4.69) is 52.6 Å². The zero-order valence-electron chi connectivity index (χ0n) is 13.1. The lowest BCUT2D eigenvalue weighted by molar-refractivity contribution is -0.215. The Kier molecular flexibility index (Phi) is 2.60. The average molecular weight is 266 g/mol. The van der Waals surface area contributed by atoms with Crippen LogP contribution < -0.4 is 0 Å². The molecule has 3 aliphatic rings. The van der Waals surface area contributed by atoms with Crippen molar-refractivity contribution in [3.63, 3.8) is 0 Å². The molecule has 2 bridgehead atoms. The monoisotopic (exact) mass is 266 g/mol. The molecule has 5 atom stereocenters. The minimum Gasteiger partial charge on any atom is -0.158 e. The molecule has 3 fully saturated rings. The fourth-order valence-electron chi connectivity index (χ4n) is 6.98. The summed E-state index contributed by atoms with van der Waals surface area (Å²) < 4.78 is 0.583. The first-order valence-corrected chi connectivity index (χ1v) is 9.02. The van der Waals surface area contributed by atoms with Crippen LogP contribution in [0.25, 0.3) is 0 Å². The maximum Gasteiger partial charge on any atom is 0.0224 e. The first-order chi connectivity index (χ1) is 8.24. The van der Waals surface area contributed by atoms with E-state index in [1.54, 1.807) is 0 Å². The molecule has 0 aromatic rings. The lowest BCUT2D eigenvalue weighted by Gasteiger charge is -2.77. The van der Waals surface area contributed by atoms with Crippen LogP contribution in [-0.2, 0) is 0 Å². The summed E-state index contributed by atoms with van der Waals surface area (Å²) in [4.78, 5) is 0. The first-order valence-electron chi connectivity index (χ1n) is 7.79. The number of thioether (sulfide) groups is 1. The summed E-state index contributed by atoms with van der Waals surface area (Å²) in [5, 5.41) is 0. The molecule has 4 unspecified atom stereocenters. The van der Waals surface area contributed by atoms with Crippen molar-refractivity contribution < 1.29 is 0 Å². The molecule has 3 saturated carbocycles. The van der Waals surface area contributed by atoms with E-state index in [0.29, 0.717) is 21.0 Å². The quantitative estimate of drug-likeness (QED) is 0.615. The molecule has 0 radical (unpaired) electrons. The van der Waals surface area contributed by atoms with Crippen molar-refractivity contribution in [1.29, 1.82) is 0 Å². The Labute approximate surface area is 118 Å². The van der Waals surface area contributed by atoms with Gasteiger partial charge in [-0.3, -0.25) is 0 Å². The highest BCUT2D eigenvalue weighted by atomic mass is 32.2. The van der Waals surface area contributed by atoms with Crippen LogP contribution in [0.5, 0.6) is 0 Å². The minimum atomic E-state index is 0.492. The largest absolute Gasteiger partial charge is 0.158 e. The summed E-state index contributed by atoms with van der Waals surface area (Å²) in [5.41, 5.74) is 1.80. The Balaban J connectivity index is 2.06. The Morgan fingerprint density at radius 1 is 1.06 bits per heavy atom. The molecule has 104 valence electrons. The summed E-state index contributed by atoms with van der Waals surface area (Å²) in [6, 6.07) is 0. The van der Waals surface area contributed by atoms with Crippen molar-refractivity contribution >= 4 is 11.8 Å². The molecule has 1 heteroatoms. The first kappa shape index (κ1) is 13.3. The Morgan fingerprint density at radius 2 is 1.72 bits per heavy atom. The van der Waals surface area contributed by atoms with Gasteiger partial charge in [0, 0.05) is 4.75 Å². The van der Waals surface area contributed by atoms with Gasteiger partial charge in [-0.15, -0.1) is 0 Å². The van der Waals surface area contributed by atoms with E-state index in [1.165, 1.54) is 32.1 Å². The van der Waals surface area contributed by atoms with Crippen molar-refractivity contribution in [3.8, 4) is 0 Å². The van der Waals surface area contributed by atoms with Crippen molar-refractivity contribution in [2.75, 3.05) is 6.26 Å². The predicted octanol–water partition coefficient (Wildman–Crippen LogP) is 5.37. The van der Waals surface area contributed by atoms with Gasteiger partial charge in [0.05, 0.1) is 0 Å². The number of fused-ring (bicyclic) bond motifs is 2. The average Bonchev–Trinajstić information content (AvgIpc) is 2.58. The third kappa shape index (κ3) is 1.13. The van der Waals surface area contributed by atoms with Gasteiger partial charge in [-0.1, -0.05) is 34.1 Å². The van der Waals surface area contributed by atoms with E-state index in [1.807, 2.05) is 0 Å². The van der Waals surface area contributed by atoms with Gasteiger partial charge in [-0.25, -0.2) is 0 Å². The zero-order chi connectivity index (χ0) is 13.4. The molecule has 1 spiro atoms. The molecule has 0 aromatic carbocycles. The van der Waals surface area contributed by atoms with Crippen LogP contribution in [0.4, 0.5) is 0 Å². The van der Waals surface area contributed by atoms with Crippen LogP contribution in [0.15, 0.2) is 0 Å². The normalized spacial score (nSPS) is 55.0. The van der Waals surface area contributed by atoms with Crippen LogP contribution in [0, 0.1) is 28.1 Å². The zero-order valence-corrected chi connectivity index (χ0v) is 13.9. The number of rotatable bonds is 1. The SMILES string of the molecule is CS[C@]1(C)C2CCCC13CCC(C(C)(C)C)C23C. The van der Waals surface area contributed by atoms with Gasteiger partial charge < -0.3 is 0 Å². The highest BCUT2D eigenvalue weighted by molar-refractivity contribution is 8.00. The minimum absolute atomic E-state index is 0.492. The standard InChI is InChI=1S/C17H30S/c1-14(2,3)12-9-11-17-10-7-8-13(15(12,17)4)16(17,5)18-6/h12-13H,7-11H2,1-6H3/t12?,13?,15?,16-,17?/m1/s1. The molecule has 0 N–H and O–H groups in total. The molecule has 0 aliphatic heterocycles. The van der Waals surface area contributed by atoms with Crippen LogP contribution >= 0.6 is 11.8 Å². The summed E-state index contributed by atoms with van der Waals surface area (Å²) in [6.45, 7) is 12.7. The third-order valence-electron chi connectivity index (χ3n) is 7.52. The van der Waals surface area contributed by atoms with E-state index in [-0.39, 0.29) is 0 Å². The molecule has 0 aromatic heterocycles. The summed E-state index contributed by atoms with van der Waals surface area (Å²) in [6.07, 6.45) is 9.83.